The molecular formula is C17H21FN4OS. The van der Waals surface area contributed by atoms with Crippen molar-refractivity contribution in [1.82, 2.24) is 19.7 Å². The molecule has 0 bridgehead atoms. The summed E-state index contributed by atoms with van der Waals surface area (Å²) in [7, 11) is 0. The Morgan fingerprint density at radius 3 is 2.62 bits per heavy atom. The van der Waals surface area contributed by atoms with Crippen molar-refractivity contribution < 1.29 is 9.13 Å². The number of halogens is 1. The van der Waals surface area contributed by atoms with E-state index in [0.717, 1.165) is 61.7 Å². The first-order chi connectivity index (χ1) is 11.8. The zero-order chi connectivity index (χ0) is 16.8. The molecule has 0 atom stereocenters. The van der Waals surface area contributed by atoms with E-state index in [9.17, 15) is 4.39 Å². The maximum Gasteiger partial charge on any atom is 0.191 e. The summed E-state index contributed by atoms with van der Waals surface area (Å²) >= 11 is 1.61. The Bertz CT molecular complexity index is 668. The van der Waals surface area contributed by atoms with Crippen molar-refractivity contribution in [1.29, 1.82) is 0 Å². The molecule has 1 fully saturated rings. The van der Waals surface area contributed by atoms with Gasteiger partial charge in [-0.2, -0.15) is 0 Å². The molecule has 0 unspecified atom stereocenters. The van der Waals surface area contributed by atoms with Crippen LogP contribution < -0.4 is 0 Å². The third-order valence-electron chi connectivity index (χ3n) is 3.89. The van der Waals surface area contributed by atoms with Crippen LogP contribution in [0.5, 0.6) is 0 Å². The van der Waals surface area contributed by atoms with Crippen molar-refractivity contribution in [2.75, 3.05) is 38.6 Å². The van der Waals surface area contributed by atoms with Crippen molar-refractivity contribution in [2.45, 2.75) is 11.7 Å². The lowest BCUT2D eigenvalue weighted by atomic mass is 10.2. The summed E-state index contributed by atoms with van der Waals surface area (Å²) in [5, 5.41) is 9.50. The van der Waals surface area contributed by atoms with E-state index in [2.05, 4.69) is 26.2 Å². The van der Waals surface area contributed by atoms with E-state index < -0.39 is 0 Å². The van der Waals surface area contributed by atoms with Crippen LogP contribution in [0.4, 0.5) is 4.39 Å². The van der Waals surface area contributed by atoms with Crippen LogP contribution >= 0.6 is 11.8 Å². The molecule has 128 valence electrons. The molecule has 0 saturated carbocycles. The molecule has 1 aromatic carbocycles. The molecule has 5 nitrogen and oxygen atoms in total. The van der Waals surface area contributed by atoms with Gasteiger partial charge >= 0.3 is 0 Å². The molecule has 0 spiro atoms. The number of hydrogen-bond acceptors (Lipinski definition) is 5. The summed E-state index contributed by atoms with van der Waals surface area (Å²) < 4.78 is 20.7. The Labute approximate surface area is 145 Å². The Morgan fingerprint density at radius 1 is 1.17 bits per heavy atom. The van der Waals surface area contributed by atoms with Gasteiger partial charge in [-0.1, -0.05) is 17.8 Å². The van der Waals surface area contributed by atoms with Crippen LogP contribution in [0.1, 0.15) is 0 Å². The van der Waals surface area contributed by atoms with Crippen LogP contribution in [-0.2, 0) is 11.3 Å². The number of aromatic nitrogens is 3. The molecule has 1 aliphatic heterocycles. The largest absolute Gasteiger partial charge is 0.379 e. The minimum Gasteiger partial charge on any atom is -0.379 e. The highest BCUT2D eigenvalue weighted by atomic mass is 32.2. The summed E-state index contributed by atoms with van der Waals surface area (Å²) in [6.45, 7) is 8.92. The Hall–Kier alpha value is -1.70. The monoisotopic (exact) mass is 348 g/mol. The lowest BCUT2D eigenvalue weighted by Crippen LogP contribution is -2.38. The molecule has 0 N–H and O–H groups in total. The highest BCUT2D eigenvalue weighted by Gasteiger charge is 2.16. The molecule has 0 amide bonds. The lowest BCUT2D eigenvalue weighted by molar-refractivity contribution is 0.0361. The van der Waals surface area contributed by atoms with Gasteiger partial charge < -0.3 is 9.30 Å². The number of thioether (sulfide) groups is 1. The molecule has 7 heteroatoms. The summed E-state index contributed by atoms with van der Waals surface area (Å²) in [4.78, 5) is 2.37. The van der Waals surface area contributed by atoms with Crippen LogP contribution in [0.25, 0.3) is 11.4 Å². The molecule has 0 radical (unpaired) electrons. The number of benzene rings is 1. The van der Waals surface area contributed by atoms with Gasteiger partial charge in [0.2, 0.25) is 0 Å². The standard InChI is InChI=1S/C17H21FN4OS/c1-2-13-24-17-20-19-16(14-3-5-15(18)6-4-14)22(17)8-7-21-9-11-23-12-10-21/h2-6H,1,7-13H2. The zero-order valence-electron chi connectivity index (χ0n) is 13.5. The number of nitrogens with zero attached hydrogens (tertiary/aromatic N) is 4. The second kappa shape index (κ2) is 8.41. The molecule has 24 heavy (non-hydrogen) atoms. The van der Waals surface area contributed by atoms with Crippen LogP contribution in [-0.4, -0.2) is 58.3 Å². The zero-order valence-corrected chi connectivity index (χ0v) is 14.3. The van der Waals surface area contributed by atoms with Crippen molar-refractivity contribution in [3.05, 3.63) is 42.7 Å². The van der Waals surface area contributed by atoms with Crippen molar-refractivity contribution in [3.8, 4) is 11.4 Å². The molecule has 0 aliphatic carbocycles. The van der Waals surface area contributed by atoms with Gasteiger partial charge in [0, 0.05) is 37.5 Å². The van der Waals surface area contributed by atoms with Gasteiger partial charge in [0.1, 0.15) is 5.82 Å². The third kappa shape index (κ3) is 4.23. The fraction of sp³-hybridized carbons (Fsp3) is 0.412. The molecule has 1 aromatic heterocycles. The van der Waals surface area contributed by atoms with Gasteiger partial charge in [0.25, 0.3) is 0 Å². The van der Waals surface area contributed by atoms with E-state index >= 15 is 0 Å². The number of ether oxygens (including phenoxy) is 1. The van der Waals surface area contributed by atoms with Crippen molar-refractivity contribution in [3.63, 3.8) is 0 Å². The van der Waals surface area contributed by atoms with Crippen molar-refractivity contribution in [2.24, 2.45) is 0 Å². The predicted octanol–water partition coefficient (Wildman–Crippen LogP) is 2.69. The molecule has 3 rings (SSSR count). The van der Waals surface area contributed by atoms with Crippen LogP contribution in [0.15, 0.2) is 42.1 Å². The third-order valence-corrected chi connectivity index (χ3v) is 4.86. The van der Waals surface area contributed by atoms with Gasteiger partial charge in [-0.25, -0.2) is 4.39 Å². The number of hydrogen-bond donors (Lipinski definition) is 0. The van der Waals surface area contributed by atoms with E-state index in [-0.39, 0.29) is 5.82 Å². The Kier molecular flexibility index (Phi) is 6.01. The lowest BCUT2D eigenvalue weighted by Gasteiger charge is -2.27. The maximum atomic E-state index is 13.2. The minimum absolute atomic E-state index is 0.251. The highest BCUT2D eigenvalue weighted by Crippen LogP contribution is 2.24. The van der Waals surface area contributed by atoms with Crippen LogP contribution in [0.2, 0.25) is 0 Å². The first kappa shape index (κ1) is 17.1. The predicted molar refractivity (Wildman–Crippen MR) is 93.6 cm³/mol. The first-order valence-corrected chi connectivity index (χ1v) is 8.99. The second-order valence-corrected chi connectivity index (χ2v) is 6.51. The maximum absolute atomic E-state index is 13.2. The summed E-state index contributed by atoms with van der Waals surface area (Å²) in [6, 6.07) is 6.39. The molecule has 1 aliphatic rings. The fourth-order valence-electron chi connectivity index (χ4n) is 2.61. The summed E-state index contributed by atoms with van der Waals surface area (Å²) in [5.74, 6) is 1.30. The molecular weight excluding hydrogens is 327 g/mol. The SMILES string of the molecule is C=CCSc1nnc(-c2ccc(F)cc2)n1CCN1CCOCC1. The van der Waals surface area contributed by atoms with Crippen LogP contribution in [0, 0.1) is 5.82 Å². The van der Waals surface area contributed by atoms with Crippen molar-refractivity contribution >= 4 is 11.8 Å². The average Bonchev–Trinajstić information content (AvgIpc) is 3.02. The van der Waals surface area contributed by atoms with Gasteiger partial charge in [0.15, 0.2) is 11.0 Å². The summed E-state index contributed by atoms with van der Waals surface area (Å²) in [5.41, 5.74) is 0.872. The smallest absolute Gasteiger partial charge is 0.191 e. The van der Waals surface area contributed by atoms with E-state index in [1.54, 1.807) is 23.9 Å². The molecule has 1 saturated heterocycles. The quantitative estimate of drug-likeness (QED) is 0.569. The number of rotatable bonds is 7. The Morgan fingerprint density at radius 2 is 1.92 bits per heavy atom. The van der Waals surface area contributed by atoms with Gasteiger partial charge in [-0.15, -0.1) is 16.8 Å². The average molecular weight is 348 g/mol. The van der Waals surface area contributed by atoms with E-state index in [4.69, 9.17) is 4.74 Å². The van der Waals surface area contributed by atoms with Gasteiger partial charge in [0.05, 0.1) is 13.2 Å². The van der Waals surface area contributed by atoms with E-state index in [0.29, 0.717) is 0 Å². The second-order valence-electron chi connectivity index (χ2n) is 5.52. The van der Waals surface area contributed by atoms with Gasteiger partial charge in [-0.05, 0) is 24.3 Å². The summed E-state index contributed by atoms with van der Waals surface area (Å²) in [6.07, 6.45) is 1.85. The molecule has 2 aromatic rings. The fourth-order valence-corrected chi connectivity index (χ4v) is 3.31. The van der Waals surface area contributed by atoms with Crippen LogP contribution in [0.3, 0.4) is 0 Å². The topological polar surface area (TPSA) is 43.2 Å². The number of morpholine rings is 1. The normalized spacial score (nSPS) is 15.5. The first-order valence-electron chi connectivity index (χ1n) is 8.01. The van der Waals surface area contributed by atoms with Gasteiger partial charge in [-0.3, -0.25) is 4.90 Å². The Balaban J connectivity index is 1.80. The van der Waals surface area contributed by atoms with E-state index in [1.165, 1.54) is 12.1 Å². The highest BCUT2D eigenvalue weighted by molar-refractivity contribution is 7.99. The molecule has 2 heterocycles. The van der Waals surface area contributed by atoms with E-state index in [1.807, 2.05) is 6.08 Å². The minimum atomic E-state index is -0.251.